The van der Waals surface area contributed by atoms with Crippen LogP contribution in [0, 0.1) is 6.92 Å². The molecule has 0 unspecified atom stereocenters. The van der Waals surface area contributed by atoms with Gasteiger partial charge in [0.2, 0.25) is 0 Å². The van der Waals surface area contributed by atoms with Crippen molar-refractivity contribution in [1.82, 2.24) is 0 Å². The molecule has 0 heterocycles. The Balaban J connectivity index is 1.95. The number of ether oxygens (including phenoxy) is 3. The third kappa shape index (κ3) is 5.15. The van der Waals surface area contributed by atoms with Crippen LogP contribution in [0.15, 0.2) is 36.4 Å². The molecule has 140 valence electrons. The lowest BCUT2D eigenvalue weighted by Crippen LogP contribution is -2.20. The van der Waals surface area contributed by atoms with Crippen molar-refractivity contribution in [2.45, 2.75) is 33.6 Å². The van der Waals surface area contributed by atoms with Crippen LogP contribution in [0.5, 0.6) is 17.2 Å². The smallest absolute Gasteiger partial charge is 0.262 e. The van der Waals surface area contributed by atoms with Gasteiger partial charge in [0, 0.05) is 11.8 Å². The molecule has 5 heteroatoms. The molecular formula is C21H27NO4. The number of methoxy groups -OCH3 is 1. The van der Waals surface area contributed by atoms with E-state index in [0.717, 1.165) is 5.56 Å². The molecular weight excluding hydrogens is 330 g/mol. The standard InChI is InChI=1S/C21H27NO4/c1-6-25-19-10-7-16(12-20(19)24-5)22-21(23)13-26-17-8-9-18(14(2)3)15(4)11-17/h7-12,14H,6,13H2,1-5H3,(H,22,23). The number of anilines is 1. The lowest BCUT2D eigenvalue weighted by atomic mass is 9.98. The molecule has 0 saturated heterocycles. The fourth-order valence-corrected chi connectivity index (χ4v) is 2.75. The largest absolute Gasteiger partial charge is 0.493 e. The van der Waals surface area contributed by atoms with Crippen molar-refractivity contribution in [2.24, 2.45) is 0 Å². The average Bonchev–Trinajstić information content (AvgIpc) is 2.61. The van der Waals surface area contributed by atoms with E-state index in [0.29, 0.717) is 35.5 Å². The molecule has 26 heavy (non-hydrogen) atoms. The molecule has 0 saturated carbocycles. The first-order valence-electron chi connectivity index (χ1n) is 8.78. The zero-order valence-electron chi connectivity index (χ0n) is 16.1. The van der Waals surface area contributed by atoms with Crippen LogP contribution in [-0.4, -0.2) is 26.2 Å². The molecule has 0 bridgehead atoms. The molecule has 2 rings (SSSR count). The second-order valence-corrected chi connectivity index (χ2v) is 6.31. The van der Waals surface area contributed by atoms with Crippen LogP contribution in [0.1, 0.15) is 37.8 Å². The summed E-state index contributed by atoms with van der Waals surface area (Å²) in [5.74, 6) is 2.13. The number of hydrogen-bond donors (Lipinski definition) is 1. The quantitative estimate of drug-likeness (QED) is 0.753. The molecule has 0 spiro atoms. The fourth-order valence-electron chi connectivity index (χ4n) is 2.75. The van der Waals surface area contributed by atoms with Crippen LogP contribution in [0.25, 0.3) is 0 Å². The summed E-state index contributed by atoms with van der Waals surface area (Å²) in [6.45, 7) is 8.75. The minimum Gasteiger partial charge on any atom is -0.493 e. The van der Waals surface area contributed by atoms with E-state index in [-0.39, 0.29) is 12.5 Å². The van der Waals surface area contributed by atoms with Crippen molar-refractivity contribution in [3.63, 3.8) is 0 Å². The fraction of sp³-hybridized carbons (Fsp3) is 0.381. The Morgan fingerprint density at radius 3 is 2.46 bits per heavy atom. The highest BCUT2D eigenvalue weighted by molar-refractivity contribution is 5.92. The molecule has 1 N–H and O–H groups in total. The molecule has 0 aliphatic carbocycles. The maximum atomic E-state index is 12.1. The van der Waals surface area contributed by atoms with Gasteiger partial charge in [-0.3, -0.25) is 4.79 Å². The van der Waals surface area contributed by atoms with E-state index in [1.54, 1.807) is 25.3 Å². The minimum absolute atomic E-state index is 0.0595. The second kappa shape index (κ2) is 9.13. The molecule has 2 aromatic rings. The van der Waals surface area contributed by atoms with Crippen molar-refractivity contribution >= 4 is 11.6 Å². The Hall–Kier alpha value is -2.69. The van der Waals surface area contributed by atoms with E-state index in [2.05, 4.69) is 26.1 Å². The van der Waals surface area contributed by atoms with Crippen molar-refractivity contribution in [2.75, 3.05) is 25.6 Å². The van der Waals surface area contributed by atoms with Crippen LogP contribution in [0.4, 0.5) is 5.69 Å². The lowest BCUT2D eigenvalue weighted by molar-refractivity contribution is -0.118. The minimum atomic E-state index is -0.234. The van der Waals surface area contributed by atoms with Gasteiger partial charge in [0.25, 0.3) is 5.91 Å². The Kier molecular flexibility index (Phi) is 6.89. The van der Waals surface area contributed by atoms with Crippen molar-refractivity contribution < 1.29 is 19.0 Å². The summed E-state index contributed by atoms with van der Waals surface area (Å²) < 4.78 is 16.4. The second-order valence-electron chi connectivity index (χ2n) is 6.31. The molecule has 1 amide bonds. The predicted octanol–water partition coefficient (Wildman–Crippen LogP) is 4.54. The van der Waals surface area contributed by atoms with Crippen LogP contribution in [-0.2, 0) is 4.79 Å². The molecule has 0 aliphatic rings. The van der Waals surface area contributed by atoms with Gasteiger partial charge in [0.1, 0.15) is 5.75 Å². The topological polar surface area (TPSA) is 56.8 Å². The zero-order valence-corrected chi connectivity index (χ0v) is 16.1. The SMILES string of the molecule is CCOc1ccc(NC(=O)COc2ccc(C(C)C)c(C)c2)cc1OC. The van der Waals surface area contributed by atoms with Crippen LogP contribution in [0.2, 0.25) is 0 Å². The number of amides is 1. The lowest BCUT2D eigenvalue weighted by Gasteiger charge is -2.13. The van der Waals surface area contributed by atoms with E-state index in [1.807, 2.05) is 25.1 Å². The summed E-state index contributed by atoms with van der Waals surface area (Å²) in [6, 6.07) is 11.2. The molecule has 0 aromatic heterocycles. The van der Waals surface area contributed by atoms with E-state index in [9.17, 15) is 4.79 Å². The number of hydrogen-bond acceptors (Lipinski definition) is 4. The van der Waals surface area contributed by atoms with Gasteiger partial charge < -0.3 is 19.5 Å². The Morgan fingerprint density at radius 1 is 1.08 bits per heavy atom. The molecule has 0 atom stereocenters. The summed E-state index contributed by atoms with van der Waals surface area (Å²) >= 11 is 0. The monoisotopic (exact) mass is 357 g/mol. The van der Waals surface area contributed by atoms with Gasteiger partial charge in [0.05, 0.1) is 13.7 Å². The maximum Gasteiger partial charge on any atom is 0.262 e. The van der Waals surface area contributed by atoms with Crippen LogP contribution < -0.4 is 19.5 Å². The molecule has 0 fully saturated rings. The van der Waals surface area contributed by atoms with Gasteiger partial charge in [-0.05, 0) is 55.2 Å². The maximum absolute atomic E-state index is 12.1. The Bertz CT molecular complexity index is 756. The Morgan fingerprint density at radius 2 is 1.85 bits per heavy atom. The average molecular weight is 357 g/mol. The van der Waals surface area contributed by atoms with E-state index in [1.165, 1.54) is 5.56 Å². The van der Waals surface area contributed by atoms with E-state index >= 15 is 0 Å². The molecule has 0 aliphatic heterocycles. The molecule has 0 radical (unpaired) electrons. The van der Waals surface area contributed by atoms with E-state index in [4.69, 9.17) is 14.2 Å². The normalized spacial score (nSPS) is 10.5. The summed E-state index contributed by atoms with van der Waals surface area (Å²) in [4.78, 5) is 12.1. The van der Waals surface area contributed by atoms with E-state index < -0.39 is 0 Å². The third-order valence-corrected chi connectivity index (χ3v) is 3.98. The summed E-state index contributed by atoms with van der Waals surface area (Å²) in [6.07, 6.45) is 0. The first-order chi connectivity index (χ1) is 12.4. The highest BCUT2D eigenvalue weighted by Gasteiger charge is 2.10. The number of carbonyl (C=O) groups is 1. The molecule has 2 aromatic carbocycles. The first kappa shape index (κ1) is 19.6. The molecule has 5 nitrogen and oxygen atoms in total. The van der Waals surface area contributed by atoms with Gasteiger partial charge in [0.15, 0.2) is 18.1 Å². The highest BCUT2D eigenvalue weighted by Crippen LogP contribution is 2.30. The van der Waals surface area contributed by atoms with Gasteiger partial charge in [-0.25, -0.2) is 0 Å². The summed E-state index contributed by atoms with van der Waals surface area (Å²) in [7, 11) is 1.57. The van der Waals surface area contributed by atoms with Crippen LogP contribution in [0.3, 0.4) is 0 Å². The van der Waals surface area contributed by atoms with Gasteiger partial charge >= 0.3 is 0 Å². The summed E-state index contributed by atoms with van der Waals surface area (Å²) in [5.41, 5.74) is 3.07. The number of rotatable bonds is 8. The zero-order chi connectivity index (χ0) is 19.1. The van der Waals surface area contributed by atoms with Crippen molar-refractivity contribution in [1.29, 1.82) is 0 Å². The number of benzene rings is 2. The van der Waals surface area contributed by atoms with Gasteiger partial charge in [-0.15, -0.1) is 0 Å². The van der Waals surface area contributed by atoms with Crippen molar-refractivity contribution in [3.8, 4) is 17.2 Å². The van der Waals surface area contributed by atoms with Gasteiger partial charge in [-0.1, -0.05) is 19.9 Å². The van der Waals surface area contributed by atoms with Gasteiger partial charge in [-0.2, -0.15) is 0 Å². The first-order valence-corrected chi connectivity index (χ1v) is 8.78. The summed E-state index contributed by atoms with van der Waals surface area (Å²) in [5, 5.41) is 2.80. The third-order valence-electron chi connectivity index (χ3n) is 3.98. The Labute approximate surface area is 155 Å². The number of nitrogens with one attached hydrogen (secondary N) is 1. The predicted molar refractivity (Wildman–Crippen MR) is 104 cm³/mol. The highest BCUT2D eigenvalue weighted by atomic mass is 16.5. The van der Waals surface area contributed by atoms with Crippen LogP contribution >= 0.6 is 0 Å². The van der Waals surface area contributed by atoms with Crippen molar-refractivity contribution in [3.05, 3.63) is 47.5 Å². The number of carbonyl (C=O) groups excluding carboxylic acids is 1. The number of aryl methyl sites for hydroxylation is 1.